The Hall–Kier alpha value is -1.60. The molecular weight excluding hydrogens is 295 g/mol. The largest absolute Gasteiger partial charge is 0.417 e. The molecule has 1 aromatic carbocycles. The van der Waals surface area contributed by atoms with Crippen molar-refractivity contribution in [3.05, 3.63) is 40.2 Å². The van der Waals surface area contributed by atoms with Crippen molar-refractivity contribution in [2.75, 3.05) is 0 Å². The molecule has 0 saturated carbocycles. The van der Waals surface area contributed by atoms with Crippen molar-refractivity contribution in [2.45, 2.75) is 26.1 Å². The molecule has 1 aromatic heterocycles. The third-order valence-corrected chi connectivity index (χ3v) is 3.16. The van der Waals surface area contributed by atoms with Crippen molar-refractivity contribution < 1.29 is 18.3 Å². The number of rotatable bonds is 3. The zero-order valence-electron chi connectivity index (χ0n) is 10.4. The van der Waals surface area contributed by atoms with Crippen molar-refractivity contribution in [1.29, 1.82) is 0 Å². The summed E-state index contributed by atoms with van der Waals surface area (Å²) < 4.78 is 39.8. The minimum atomic E-state index is -4.54. The molecule has 0 aliphatic heterocycles. The summed E-state index contributed by atoms with van der Waals surface area (Å²) in [6.45, 7) is 1.48. The van der Waals surface area contributed by atoms with E-state index in [0.717, 1.165) is 6.07 Å². The number of alkyl halides is 3. The van der Waals surface area contributed by atoms with Crippen LogP contribution in [-0.2, 0) is 19.2 Å². The van der Waals surface area contributed by atoms with E-state index in [1.165, 1.54) is 16.8 Å². The van der Waals surface area contributed by atoms with Crippen molar-refractivity contribution in [2.24, 2.45) is 0 Å². The first kappa shape index (κ1) is 14.8. The lowest BCUT2D eigenvalue weighted by molar-refractivity contribution is -0.137. The number of aromatic nitrogens is 3. The second kappa shape index (κ2) is 5.41. The molecule has 0 bridgehead atoms. The highest BCUT2D eigenvalue weighted by atomic mass is 35.5. The summed E-state index contributed by atoms with van der Waals surface area (Å²) in [6, 6.07) is 3.50. The monoisotopic (exact) mass is 305 g/mol. The smallest absolute Gasteiger partial charge is 0.390 e. The van der Waals surface area contributed by atoms with Crippen molar-refractivity contribution in [1.82, 2.24) is 15.0 Å². The molecule has 0 radical (unpaired) electrons. The first-order valence-electron chi connectivity index (χ1n) is 5.80. The number of benzene rings is 1. The van der Waals surface area contributed by atoms with Gasteiger partial charge in [-0.15, -0.1) is 5.10 Å². The van der Waals surface area contributed by atoms with E-state index in [0.29, 0.717) is 17.8 Å². The van der Waals surface area contributed by atoms with Gasteiger partial charge in [0.1, 0.15) is 5.69 Å². The summed E-state index contributed by atoms with van der Waals surface area (Å²) in [5.74, 6) is 0. The molecule has 2 aromatic rings. The summed E-state index contributed by atoms with van der Waals surface area (Å²) in [7, 11) is 0. The molecule has 0 spiro atoms. The van der Waals surface area contributed by atoms with E-state index in [1.807, 2.05) is 0 Å². The van der Waals surface area contributed by atoms with Crippen LogP contribution in [0.25, 0.3) is 5.69 Å². The van der Waals surface area contributed by atoms with Gasteiger partial charge in [0.25, 0.3) is 0 Å². The highest BCUT2D eigenvalue weighted by Gasteiger charge is 2.33. The van der Waals surface area contributed by atoms with Gasteiger partial charge >= 0.3 is 6.18 Å². The number of aliphatic hydroxyl groups excluding tert-OH is 1. The van der Waals surface area contributed by atoms with E-state index in [2.05, 4.69) is 10.3 Å². The molecule has 8 heteroatoms. The van der Waals surface area contributed by atoms with Gasteiger partial charge in [-0.05, 0) is 24.6 Å². The normalized spacial score (nSPS) is 11.9. The molecule has 0 unspecified atom stereocenters. The van der Waals surface area contributed by atoms with E-state index in [4.69, 9.17) is 16.7 Å². The molecule has 1 N–H and O–H groups in total. The third-order valence-electron chi connectivity index (χ3n) is 2.83. The van der Waals surface area contributed by atoms with Crippen LogP contribution in [0.1, 0.15) is 23.9 Å². The lowest BCUT2D eigenvalue weighted by atomic mass is 10.2. The highest BCUT2D eigenvalue weighted by molar-refractivity contribution is 6.31. The Bertz CT molecular complexity index is 625. The number of halogens is 4. The maximum atomic E-state index is 12.8. The lowest BCUT2D eigenvalue weighted by Crippen LogP contribution is -2.09. The molecule has 4 nitrogen and oxygen atoms in total. The van der Waals surface area contributed by atoms with Crippen LogP contribution in [0.4, 0.5) is 13.2 Å². The summed E-state index contributed by atoms with van der Waals surface area (Å²) in [6.07, 6.45) is -4.06. The minimum absolute atomic E-state index is 0.200. The van der Waals surface area contributed by atoms with E-state index in [-0.39, 0.29) is 17.3 Å². The van der Waals surface area contributed by atoms with Gasteiger partial charge in [-0.3, -0.25) is 0 Å². The highest BCUT2D eigenvalue weighted by Crippen LogP contribution is 2.35. The van der Waals surface area contributed by atoms with Crippen LogP contribution < -0.4 is 0 Å². The van der Waals surface area contributed by atoms with Crippen molar-refractivity contribution in [3.63, 3.8) is 0 Å². The van der Waals surface area contributed by atoms with Crippen LogP contribution in [0.2, 0.25) is 5.02 Å². The Morgan fingerprint density at radius 3 is 2.60 bits per heavy atom. The fraction of sp³-hybridized carbons (Fsp3) is 0.333. The second-order valence-corrected chi connectivity index (χ2v) is 4.48. The molecule has 0 saturated heterocycles. The van der Waals surface area contributed by atoms with Crippen LogP contribution in [-0.4, -0.2) is 20.1 Å². The maximum Gasteiger partial charge on any atom is 0.417 e. The first-order valence-corrected chi connectivity index (χ1v) is 6.17. The van der Waals surface area contributed by atoms with Gasteiger partial charge in [0.15, 0.2) is 0 Å². The van der Waals surface area contributed by atoms with Gasteiger partial charge in [-0.25, -0.2) is 4.68 Å². The van der Waals surface area contributed by atoms with Gasteiger partial charge < -0.3 is 5.11 Å². The predicted octanol–water partition coefficient (Wildman–Crippen LogP) is 2.99. The second-order valence-electron chi connectivity index (χ2n) is 4.07. The topological polar surface area (TPSA) is 50.9 Å². The van der Waals surface area contributed by atoms with Crippen LogP contribution in [0.3, 0.4) is 0 Å². The summed E-state index contributed by atoms with van der Waals surface area (Å²) >= 11 is 5.57. The number of nitrogens with zero attached hydrogens (tertiary/aromatic N) is 3. The lowest BCUT2D eigenvalue weighted by Gasteiger charge is -2.12. The number of aliphatic hydroxyl groups is 1. The molecule has 0 atom stereocenters. The number of hydrogen-bond acceptors (Lipinski definition) is 3. The van der Waals surface area contributed by atoms with Gasteiger partial charge in [-0.2, -0.15) is 13.2 Å². The third kappa shape index (κ3) is 2.64. The van der Waals surface area contributed by atoms with Crippen LogP contribution in [0.15, 0.2) is 18.2 Å². The SMILES string of the molecule is CCc1c(CO)nnn1-c1ccc(Cl)c(C(F)(F)F)c1. The minimum Gasteiger partial charge on any atom is -0.390 e. The van der Waals surface area contributed by atoms with Crippen LogP contribution in [0.5, 0.6) is 0 Å². The molecule has 108 valence electrons. The Kier molecular flexibility index (Phi) is 4.01. The summed E-state index contributed by atoms with van der Waals surface area (Å²) in [4.78, 5) is 0. The van der Waals surface area contributed by atoms with Crippen LogP contribution in [0, 0.1) is 0 Å². The van der Waals surface area contributed by atoms with E-state index < -0.39 is 11.7 Å². The zero-order chi connectivity index (χ0) is 14.9. The summed E-state index contributed by atoms with van der Waals surface area (Å²) in [5.41, 5.74) is 0.171. The van der Waals surface area contributed by atoms with E-state index >= 15 is 0 Å². The maximum absolute atomic E-state index is 12.8. The fourth-order valence-electron chi connectivity index (χ4n) is 1.88. The molecular formula is C12H11ClF3N3O. The Morgan fingerprint density at radius 2 is 2.05 bits per heavy atom. The molecule has 0 aliphatic carbocycles. The molecule has 20 heavy (non-hydrogen) atoms. The average Bonchev–Trinajstić information content (AvgIpc) is 2.80. The van der Waals surface area contributed by atoms with Gasteiger partial charge in [0.2, 0.25) is 0 Å². The first-order chi connectivity index (χ1) is 9.38. The summed E-state index contributed by atoms with van der Waals surface area (Å²) in [5, 5.41) is 16.3. The number of hydrogen-bond donors (Lipinski definition) is 1. The van der Waals surface area contributed by atoms with E-state index in [1.54, 1.807) is 6.92 Å². The van der Waals surface area contributed by atoms with Crippen molar-refractivity contribution >= 4 is 11.6 Å². The molecule has 0 fully saturated rings. The van der Waals surface area contributed by atoms with Crippen LogP contribution >= 0.6 is 11.6 Å². The average molecular weight is 306 g/mol. The van der Waals surface area contributed by atoms with Gasteiger partial charge in [-0.1, -0.05) is 23.7 Å². The van der Waals surface area contributed by atoms with Crippen molar-refractivity contribution in [3.8, 4) is 5.69 Å². The Balaban J connectivity index is 2.57. The predicted molar refractivity (Wildman–Crippen MR) is 66.7 cm³/mol. The Labute approximate surface area is 117 Å². The molecule has 0 amide bonds. The van der Waals surface area contributed by atoms with Gasteiger partial charge in [0.05, 0.1) is 28.6 Å². The fourth-order valence-corrected chi connectivity index (χ4v) is 2.10. The molecule has 0 aliphatic rings. The quantitative estimate of drug-likeness (QED) is 0.948. The zero-order valence-corrected chi connectivity index (χ0v) is 11.2. The standard InChI is InChI=1S/C12H11ClF3N3O/c1-2-11-10(6-20)17-18-19(11)7-3-4-9(13)8(5-7)12(14,15)16/h3-5,20H,2,6H2,1H3. The Morgan fingerprint density at radius 1 is 1.35 bits per heavy atom. The van der Waals surface area contributed by atoms with E-state index in [9.17, 15) is 13.2 Å². The molecule has 2 rings (SSSR count). The van der Waals surface area contributed by atoms with Gasteiger partial charge in [0, 0.05) is 0 Å². The molecule has 1 heterocycles.